The van der Waals surface area contributed by atoms with Crippen molar-refractivity contribution in [3.63, 3.8) is 0 Å². The van der Waals surface area contributed by atoms with Crippen molar-refractivity contribution < 1.29 is 9.32 Å². The monoisotopic (exact) mass is 308 g/mol. The zero-order valence-corrected chi connectivity index (χ0v) is 12.6. The molecule has 6 heteroatoms. The van der Waals surface area contributed by atoms with Gasteiger partial charge in [-0.05, 0) is 36.4 Å². The smallest absolute Gasteiger partial charge is 0.323 e. The number of benzene rings is 2. The Morgan fingerprint density at radius 1 is 1.00 bits per heavy atom. The van der Waals surface area contributed by atoms with Crippen molar-refractivity contribution in [1.82, 2.24) is 10.1 Å². The van der Waals surface area contributed by atoms with Crippen LogP contribution in [0.4, 0.5) is 16.2 Å². The van der Waals surface area contributed by atoms with E-state index < -0.39 is 0 Å². The number of nitrogens with one attached hydrogen (secondary N) is 2. The second-order valence-corrected chi connectivity index (χ2v) is 4.89. The van der Waals surface area contributed by atoms with E-state index in [2.05, 4.69) is 20.8 Å². The molecule has 3 rings (SSSR count). The van der Waals surface area contributed by atoms with E-state index in [-0.39, 0.29) is 6.03 Å². The lowest BCUT2D eigenvalue weighted by Crippen LogP contribution is -2.19. The molecule has 0 atom stereocenters. The fourth-order valence-electron chi connectivity index (χ4n) is 2.03. The van der Waals surface area contributed by atoms with Gasteiger partial charge in [-0.2, -0.15) is 4.98 Å². The molecular formula is C17H16N4O2. The molecule has 2 amide bonds. The predicted molar refractivity (Wildman–Crippen MR) is 88.2 cm³/mol. The summed E-state index contributed by atoms with van der Waals surface area (Å²) >= 11 is 0. The molecule has 0 unspecified atom stereocenters. The molecular weight excluding hydrogens is 292 g/mol. The van der Waals surface area contributed by atoms with Gasteiger partial charge in [0.1, 0.15) is 0 Å². The van der Waals surface area contributed by atoms with Gasteiger partial charge >= 0.3 is 6.03 Å². The molecule has 0 spiro atoms. The van der Waals surface area contributed by atoms with Crippen LogP contribution < -0.4 is 10.6 Å². The molecule has 1 aromatic heterocycles. The second kappa shape index (κ2) is 6.74. The van der Waals surface area contributed by atoms with Gasteiger partial charge in [-0.25, -0.2) is 4.79 Å². The molecule has 0 fully saturated rings. The van der Waals surface area contributed by atoms with Crippen LogP contribution in [0.1, 0.15) is 12.8 Å². The van der Waals surface area contributed by atoms with Gasteiger partial charge < -0.3 is 15.2 Å². The van der Waals surface area contributed by atoms with Crippen molar-refractivity contribution in [3.8, 4) is 11.4 Å². The number of urea groups is 1. The molecule has 0 aliphatic rings. The number of aromatic nitrogens is 2. The third-order valence-electron chi connectivity index (χ3n) is 3.20. The average molecular weight is 308 g/mol. The van der Waals surface area contributed by atoms with E-state index in [0.29, 0.717) is 23.8 Å². The molecule has 6 nitrogen and oxygen atoms in total. The lowest BCUT2D eigenvalue weighted by atomic mass is 10.2. The second-order valence-electron chi connectivity index (χ2n) is 4.89. The van der Waals surface area contributed by atoms with Gasteiger partial charge in [-0.3, -0.25) is 0 Å². The minimum atomic E-state index is -0.295. The number of hydrogen-bond acceptors (Lipinski definition) is 4. The van der Waals surface area contributed by atoms with E-state index in [4.69, 9.17) is 4.52 Å². The number of anilines is 2. The van der Waals surface area contributed by atoms with Gasteiger partial charge in [0.15, 0.2) is 0 Å². The highest BCUT2D eigenvalue weighted by atomic mass is 16.5. The summed E-state index contributed by atoms with van der Waals surface area (Å²) in [5.41, 5.74) is 2.25. The molecule has 2 N–H and O–H groups in total. The van der Waals surface area contributed by atoms with Gasteiger partial charge in [-0.15, -0.1) is 0 Å². The number of amides is 2. The third-order valence-corrected chi connectivity index (χ3v) is 3.20. The summed E-state index contributed by atoms with van der Waals surface area (Å²) in [6, 6.07) is 16.2. The van der Waals surface area contributed by atoms with Crippen LogP contribution in [0.3, 0.4) is 0 Å². The van der Waals surface area contributed by atoms with Crippen molar-refractivity contribution in [2.45, 2.75) is 13.3 Å². The fraction of sp³-hybridized carbons (Fsp3) is 0.118. The molecule has 3 aromatic rings. The van der Waals surface area contributed by atoms with Crippen LogP contribution in [0.2, 0.25) is 0 Å². The largest absolute Gasteiger partial charge is 0.339 e. The van der Waals surface area contributed by atoms with Gasteiger partial charge in [0.25, 0.3) is 0 Å². The topological polar surface area (TPSA) is 80.0 Å². The van der Waals surface area contributed by atoms with E-state index in [1.807, 2.05) is 49.4 Å². The number of aryl methyl sites for hydroxylation is 1. The quantitative estimate of drug-likeness (QED) is 0.765. The maximum atomic E-state index is 11.9. The van der Waals surface area contributed by atoms with Gasteiger partial charge in [-0.1, -0.05) is 30.3 Å². The minimum absolute atomic E-state index is 0.295. The third kappa shape index (κ3) is 3.74. The van der Waals surface area contributed by atoms with Crippen molar-refractivity contribution in [1.29, 1.82) is 0 Å². The summed E-state index contributed by atoms with van der Waals surface area (Å²) in [4.78, 5) is 16.2. The molecule has 0 radical (unpaired) electrons. The Kier molecular flexibility index (Phi) is 4.33. The van der Waals surface area contributed by atoms with Gasteiger partial charge in [0.2, 0.25) is 11.7 Å². The lowest BCUT2D eigenvalue weighted by Gasteiger charge is -2.07. The number of nitrogens with zero attached hydrogens (tertiary/aromatic N) is 2. The van der Waals surface area contributed by atoms with Crippen LogP contribution in [-0.2, 0) is 6.42 Å². The Morgan fingerprint density at radius 3 is 2.26 bits per heavy atom. The van der Waals surface area contributed by atoms with E-state index in [0.717, 1.165) is 11.3 Å². The van der Waals surface area contributed by atoms with E-state index in [1.54, 1.807) is 12.1 Å². The summed E-state index contributed by atoms with van der Waals surface area (Å²) < 4.78 is 5.09. The summed E-state index contributed by atoms with van der Waals surface area (Å²) in [7, 11) is 0. The standard InChI is InChI=1S/C17H16N4O2/c1-2-15-20-16(21-23-15)12-8-10-14(11-9-12)19-17(22)18-13-6-4-3-5-7-13/h3-11H,2H2,1H3,(H2,18,19,22). The number of para-hydroxylation sites is 1. The highest BCUT2D eigenvalue weighted by Crippen LogP contribution is 2.19. The Morgan fingerprint density at radius 2 is 1.65 bits per heavy atom. The van der Waals surface area contributed by atoms with Crippen LogP contribution in [0.25, 0.3) is 11.4 Å². The van der Waals surface area contributed by atoms with Crippen molar-refractivity contribution >= 4 is 17.4 Å². The molecule has 23 heavy (non-hydrogen) atoms. The normalized spacial score (nSPS) is 10.3. The SMILES string of the molecule is CCc1nc(-c2ccc(NC(=O)Nc3ccccc3)cc2)no1. The Labute approximate surface area is 133 Å². The molecule has 1 heterocycles. The average Bonchev–Trinajstić information content (AvgIpc) is 3.05. The van der Waals surface area contributed by atoms with Crippen LogP contribution in [-0.4, -0.2) is 16.2 Å². The zero-order valence-electron chi connectivity index (χ0n) is 12.6. The number of carbonyl (C=O) groups excluding carboxylic acids is 1. The van der Waals surface area contributed by atoms with Gasteiger partial charge in [0.05, 0.1) is 0 Å². The summed E-state index contributed by atoms with van der Waals surface area (Å²) in [5.74, 6) is 1.14. The summed E-state index contributed by atoms with van der Waals surface area (Å²) in [6.45, 7) is 1.95. The highest BCUT2D eigenvalue weighted by molar-refractivity contribution is 5.99. The summed E-state index contributed by atoms with van der Waals surface area (Å²) in [5, 5.41) is 9.45. The minimum Gasteiger partial charge on any atom is -0.339 e. The summed E-state index contributed by atoms with van der Waals surface area (Å²) in [6.07, 6.45) is 0.701. The molecule has 0 aliphatic carbocycles. The van der Waals surface area contributed by atoms with Crippen LogP contribution >= 0.6 is 0 Å². The van der Waals surface area contributed by atoms with E-state index in [9.17, 15) is 4.79 Å². The number of carbonyl (C=O) groups is 1. The van der Waals surface area contributed by atoms with Gasteiger partial charge in [0, 0.05) is 23.4 Å². The highest BCUT2D eigenvalue weighted by Gasteiger charge is 2.08. The Bertz CT molecular complexity index is 782. The Balaban J connectivity index is 1.64. The first-order valence-corrected chi connectivity index (χ1v) is 7.30. The molecule has 0 saturated heterocycles. The Hall–Kier alpha value is -3.15. The molecule has 0 bridgehead atoms. The fourth-order valence-corrected chi connectivity index (χ4v) is 2.03. The lowest BCUT2D eigenvalue weighted by molar-refractivity contribution is 0.262. The molecule has 0 aliphatic heterocycles. The first kappa shape index (κ1) is 14.8. The van der Waals surface area contributed by atoms with Crippen molar-refractivity contribution in [2.24, 2.45) is 0 Å². The molecule has 116 valence electrons. The van der Waals surface area contributed by atoms with Crippen molar-refractivity contribution in [3.05, 3.63) is 60.5 Å². The maximum absolute atomic E-state index is 11.9. The maximum Gasteiger partial charge on any atom is 0.323 e. The molecule has 2 aromatic carbocycles. The van der Waals surface area contributed by atoms with E-state index >= 15 is 0 Å². The van der Waals surface area contributed by atoms with Crippen LogP contribution in [0.5, 0.6) is 0 Å². The predicted octanol–water partition coefficient (Wildman–Crippen LogP) is 3.94. The van der Waals surface area contributed by atoms with Crippen LogP contribution in [0, 0.1) is 0 Å². The van der Waals surface area contributed by atoms with E-state index in [1.165, 1.54) is 0 Å². The number of rotatable bonds is 4. The molecule has 0 saturated carbocycles. The van der Waals surface area contributed by atoms with Crippen molar-refractivity contribution in [2.75, 3.05) is 10.6 Å². The first-order valence-electron chi connectivity index (χ1n) is 7.30. The first-order chi connectivity index (χ1) is 11.2. The zero-order chi connectivity index (χ0) is 16.1. The van der Waals surface area contributed by atoms with Crippen LogP contribution in [0.15, 0.2) is 59.1 Å². The number of hydrogen-bond donors (Lipinski definition) is 2.